The largest absolute Gasteiger partial charge is 0.484 e. The first-order chi connectivity index (χ1) is 23.0. The number of nitrogens with zero attached hydrogens (tertiary/aromatic N) is 8. The topological polar surface area (TPSA) is 116 Å². The molecule has 3 aliphatic rings. The Balaban J connectivity index is 1.07. The van der Waals surface area contributed by atoms with Crippen molar-refractivity contribution in [3.63, 3.8) is 0 Å². The van der Waals surface area contributed by atoms with Crippen LogP contribution in [-0.4, -0.2) is 87.2 Å². The van der Waals surface area contributed by atoms with Gasteiger partial charge in [-0.15, -0.1) is 10.2 Å². The lowest BCUT2D eigenvalue weighted by Crippen LogP contribution is -2.45. The second-order valence-electron chi connectivity index (χ2n) is 14.9. The first-order valence-corrected chi connectivity index (χ1v) is 17.2. The van der Waals surface area contributed by atoms with E-state index < -0.39 is 0 Å². The molecule has 0 spiro atoms. The highest BCUT2D eigenvalue weighted by Crippen LogP contribution is 2.40. The zero-order valence-electron chi connectivity index (χ0n) is 29.0. The summed E-state index contributed by atoms with van der Waals surface area (Å²) < 4.78 is 8.74. The molecule has 2 fully saturated rings. The highest BCUT2D eigenvalue weighted by Gasteiger charge is 2.40. The zero-order valence-corrected chi connectivity index (χ0v) is 29.0. The number of hydrogen-bond donors (Lipinski definition) is 2. The van der Waals surface area contributed by atoms with Gasteiger partial charge in [-0.2, -0.15) is 4.98 Å². The maximum absolute atomic E-state index is 13.5. The third-order valence-electron chi connectivity index (χ3n) is 10.4. The molecule has 0 radical (unpaired) electrons. The number of aromatic nitrogens is 5. The lowest BCUT2D eigenvalue weighted by molar-refractivity contribution is 0.170. The quantitative estimate of drug-likeness (QED) is 0.287. The van der Waals surface area contributed by atoms with Crippen molar-refractivity contribution in [2.45, 2.75) is 76.5 Å². The number of benzene rings is 1. The monoisotopic (exact) mass is 652 g/mol. The maximum atomic E-state index is 13.5. The Bertz CT molecular complexity index is 1790. The van der Waals surface area contributed by atoms with E-state index in [0.29, 0.717) is 11.8 Å². The molecule has 12 heteroatoms. The van der Waals surface area contributed by atoms with Crippen molar-refractivity contribution >= 4 is 23.4 Å². The molecule has 0 bridgehead atoms. The van der Waals surface area contributed by atoms with Crippen molar-refractivity contribution in [1.29, 1.82) is 0 Å². The Morgan fingerprint density at radius 2 is 1.73 bits per heavy atom. The number of hydrogen-bond acceptors (Lipinski definition) is 9. The molecule has 2 saturated heterocycles. The number of fused-ring (bicyclic) bond motifs is 2. The average Bonchev–Trinajstić information content (AvgIpc) is 3.64. The highest BCUT2D eigenvalue weighted by atomic mass is 16.5. The van der Waals surface area contributed by atoms with E-state index in [1.165, 1.54) is 0 Å². The second kappa shape index (κ2) is 12.6. The zero-order chi connectivity index (χ0) is 33.6. The Morgan fingerprint density at radius 3 is 2.46 bits per heavy atom. The fourth-order valence-corrected chi connectivity index (χ4v) is 7.22. The summed E-state index contributed by atoms with van der Waals surface area (Å²) in [6.07, 6.45) is 5.55. The predicted octanol–water partition coefficient (Wildman–Crippen LogP) is 5.29. The number of urea groups is 1. The summed E-state index contributed by atoms with van der Waals surface area (Å²) in [4.78, 5) is 30.0. The number of likely N-dealkylation sites (tertiary alicyclic amines) is 1. The Labute approximate surface area is 282 Å². The Kier molecular flexibility index (Phi) is 8.49. The summed E-state index contributed by atoms with van der Waals surface area (Å²) in [6.45, 7) is 13.3. The third kappa shape index (κ3) is 6.30. The van der Waals surface area contributed by atoms with E-state index in [2.05, 4.69) is 93.9 Å². The molecule has 2 aliphatic heterocycles. The number of likely N-dealkylation sites (N-methyl/N-ethyl adjacent to an activating group) is 1. The molecule has 48 heavy (non-hydrogen) atoms. The average molecular weight is 653 g/mol. The lowest BCUT2D eigenvalue weighted by atomic mass is 9.85. The normalized spacial score (nSPS) is 23.7. The number of carbonyl (C=O) groups excluding carboxylic acids is 1. The van der Waals surface area contributed by atoms with Crippen LogP contribution in [0.3, 0.4) is 0 Å². The van der Waals surface area contributed by atoms with Crippen LogP contribution in [0.25, 0.3) is 5.65 Å². The number of amides is 2. The molecular formula is C36H48N10O2. The van der Waals surface area contributed by atoms with Gasteiger partial charge >= 0.3 is 6.03 Å². The first kappa shape index (κ1) is 32.3. The number of ether oxygens (including phenoxy) is 1. The maximum Gasteiger partial charge on any atom is 0.320 e. The molecule has 0 saturated carbocycles. The van der Waals surface area contributed by atoms with Crippen LogP contribution in [0.2, 0.25) is 0 Å². The summed E-state index contributed by atoms with van der Waals surface area (Å²) in [6, 6.07) is 13.6. The minimum atomic E-state index is -0.284. The molecule has 4 aromatic rings. The van der Waals surface area contributed by atoms with Gasteiger partial charge < -0.3 is 19.9 Å². The molecule has 12 nitrogen and oxygen atoms in total. The lowest BCUT2D eigenvalue weighted by Gasteiger charge is -2.33. The fourth-order valence-electron chi connectivity index (χ4n) is 7.22. The summed E-state index contributed by atoms with van der Waals surface area (Å²) in [5.74, 6) is 2.88. The van der Waals surface area contributed by atoms with E-state index in [0.717, 1.165) is 92.4 Å². The molecule has 5 heterocycles. The van der Waals surface area contributed by atoms with Gasteiger partial charge in [0.1, 0.15) is 17.7 Å². The minimum Gasteiger partial charge on any atom is -0.484 e. The summed E-state index contributed by atoms with van der Waals surface area (Å²) in [5.41, 5.74) is 3.49. The predicted molar refractivity (Wildman–Crippen MR) is 187 cm³/mol. The number of anilines is 2. The van der Waals surface area contributed by atoms with E-state index in [4.69, 9.17) is 14.7 Å². The van der Waals surface area contributed by atoms with Crippen LogP contribution < -0.4 is 20.3 Å². The molecule has 254 valence electrons. The molecule has 1 aromatic carbocycles. The standard InChI is InChI=1S/C36H48N10O2/c1-35(2,3)29-22-30(39-33(38-29)45-20-18-43(5)19-21-45)40-34(47)37-27-13-14-28(26-11-8-7-10-25(26)27)48-24-12-15-31-41-42-32(46(31)23-24)36(4)16-9-17-44(36)6/h7-8,10-12,15,22-23,27-28H,9,13-14,16-21H2,1-6H3,(H2,37,38,39,40,47)/t27-,28+,36-/m0/s1. The van der Waals surface area contributed by atoms with Crippen LogP contribution in [0.4, 0.5) is 16.6 Å². The van der Waals surface area contributed by atoms with Crippen molar-refractivity contribution < 1.29 is 9.53 Å². The van der Waals surface area contributed by atoms with Gasteiger partial charge in [0.2, 0.25) is 5.95 Å². The van der Waals surface area contributed by atoms with Crippen molar-refractivity contribution in [3.8, 4) is 5.75 Å². The Morgan fingerprint density at radius 1 is 0.958 bits per heavy atom. The van der Waals surface area contributed by atoms with Crippen LogP contribution in [0, 0.1) is 0 Å². The molecule has 3 atom stereocenters. The number of carbonyl (C=O) groups is 1. The SMILES string of the molecule is CN1CCN(c2nc(NC(=O)N[C@H]3CC[C@@H](Oc4ccc5nnc([C@]6(C)CCCN6C)n5c4)c4ccccc43)cc(C(C)(C)C)n2)CC1. The third-order valence-corrected chi connectivity index (χ3v) is 10.4. The van der Waals surface area contributed by atoms with Crippen LogP contribution >= 0.6 is 0 Å². The highest BCUT2D eigenvalue weighted by molar-refractivity contribution is 5.88. The van der Waals surface area contributed by atoms with Gasteiger partial charge in [0.05, 0.1) is 23.5 Å². The first-order valence-electron chi connectivity index (χ1n) is 17.2. The number of rotatable bonds is 6. The molecule has 7 rings (SSSR count). The van der Waals surface area contributed by atoms with Gasteiger partial charge in [-0.25, -0.2) is 9.78 Å². The van der Waals surface area contributed by atoms with Crippen LogP contribution in [0.15, 0.2) is 48.7 Å². The van der Waals surface area contributed by atoms with Gasteiger partial charge in [0.25, 0.3) is 0 Å². The van der Waals surface area contributed by atoms with Crippen molar-refractivity contribution in [2.24, 2.45) is 0 Å². The van der Waals surface area contributed by atoms with E-state index in [1.807, 2.05) is 36.5 Å². The molecular weight excluding hydrogens is 604 g/mol. The van der Waals surface area contributed by atoms with E-state index in [-0.39, 0.29) is 29.1 Å². The van der Waals surface area contributed by atoms with Crippen molar-refractivity contribution in [1.82, 2.24) is 39.7 Å². The minimum absolute atomic E-state index is 0.146. The van der Waals surface area contributed by atoms with Gasteiger partial charge in [-0.3, -0.25) is 14.6 Å². The number of piperazine rings is 1. The fraction of sp³-hybridized carbons (Fsp3) is 0.528. The summed E-state index contributed by atoms with van der Waals surface area (Å²) >= 11 is 0. The van der Waals surface area contributed by atoms with Gasteiger partial charge in [-0.05, 0) is 76.5 Å². The number of pyridine rings is 1. The summed E-state index contributed by atoms with van der Waals surface area (Å²) in [5, 5.41) is 15.3. The van der Waals surface area contributed by atoms with E-state index in [1.54, 1.807) is 0 Å². The molecule has 2 amide bonds. The second-order valence-corrected chi connectivity index (χ2v) is 14.9. The van der Waals surface area contributed by atoms with Crippen molar-refractivity contribution in [2.75, 3.05) is 57.0 Å². The van der Waals surface area contributed by atoms with Gasteiger partial charge in [0.15, 0.2) is 11.5 Å². The number of nitrogens with one attached hydrogen (secondary N) is 2. The summed E-state index contributed by atoms with van der Waals surface area (Å²) in [7, 11) is 4.28. The van der Waals surface area contributed by atoms with Crippen LogP contribution in [0.1, 0.15) is 88.2 Å². The molecule has 1 aliphatic carbocycles. The van der Waals surface area contributed by atoms with Gasteiger partial charge in [-0.1, -0.05) is 45.0 Å². The van der Waals surface area contributed by atoms with E-state index in [9.17, 15) is 4.79 Å². The molecule has 2 N–H and O–H groups in total. The van der Waals surface area contributed by atoms with Crippen molar-refractivity contribution in [3.05, 3.63) is 71.3 Å². The molecule has 3 aromatic heterocycles. The van der Waals surface area contributed by atoms with Crippen LogP contribution in [-0.2, 0) is 11.0 Å². The Hall–Kier alpha value is -4.29. The smallest absolute Gasteiger partial charge is 0.320 e. The van der Waals surface area contributed by atoms with E-state index >= 15 is 0 Å². The van der Waals surface area contributed by atoms with Crippen LogP contribution in [0.5, 0.6) is 5.75 Å². The molecule has 0 unspecified atom stereocenters. The van der Waals surface area contributed by atoms with Gasteiger partial charge in [0, 0.05) is 37.7 Å².